The Balaban J connectivity index is 2.03. The van der Waals surface area contributed by atoms with E-state index >= 15 is 0 Å². The molecule has 3 bridgehead atoms. The second kappa shape index (κ2) is 3.48. The quantitative estimate of drug-likeness (QED) is 0.727. The molecule has 3 aliphatic rings. The van der Waals surface area contributed by atoms with Gasteiger partial charge >= 0.3 is 0 Å². The summed E-state index contributed by atoms with van der Waals surface area (Å²) in [5.41, 5.74) is 1.12. The van der Waals surface area contributed by atoms with Gasteiger partial charge in [0.2, 0.25) is 0 Å². The van der Waals surface area contributed by atoms with Crippen LogP contribution in [0.4, 0.5) is 0 Å². The molecule has 4 unspecified atom stereocenters. The summed E-state index contributed by atoms with van der Waals surface area (Å²) in [5.74, 6) is 0.897. The standard InChI is InChI=1S/C15H28N2/c1-6-15-7-12-8-17(11(2)3)13(15)9-16(5)14(12,4)10-15/h11-13H,6-10H2,1-5H3. The first kappa shape index (κ1) is 12.0. The molecule has 3 rings (SSSR count). The van der Waals surface area contributed by atoms with Crippen molar-refractivity contribution < 1.29 is 0 Å². The average molecular weight is 236 g/mol. The fourth-order valence-corrected chi connectivity index (χ4v) is 5.18. The summed E-state index contributed by atoms with van der Waals surface area (Å²) >= 11 is 0. The zero-order chi connectivity index (χ0) is 12.4. The molecular weight excluding hydrogens is 208 g/mol. The Morgan fingerprint density at radius 1 is 1.29 bits per heavy atom. The summed E-state index contributed by atoms with van der Waals surface area (Å²) < 4.78 is 0. The van der Waals surface area contributed by atoms with E-state index in [1.807, 2.05) is 0 Å². The van der Waals surface area contributed by atoms with Crippen molar-refractivity contribution in [3.63, 3.8) is 0 Å². The Hall–Kier alpha value is -0.0800. The molecule has 4 atom stereocenters. The summed E-state index contributed by atoms with van der Waals surface area (Å²) in [6, 6.07) is 1.52. The van der Waals surface area contributed by atoms with Crippen LogP contribution >= 0.6 is 0 Å². The molecule has 0 N–H and O–H groups in total. The molecule has 3 fully saturated rings. The fourth-order valence-electron chi connectivity index (χ4n) is 5.18. The largest absolute Gasteiger partial charge is 0.299 e. The van der Waals surface area contributed by atoms with Crippen LogP contribution < -0.4 is 0 Å². The van der Waals surface area contributed by atoms with Crippen LogP contribution in [0.25, 0.3) is 0 Å². The molecule has 1 saturated carbocycles. The molecule has 0 radical (unpaired) electrons. The van der Waals surface area contributed by atoms with E-state index in [9.17, 15) is 0 Å². The van der Waals surface area contributed by atoms with Crippen LogP contribution in [-0.4, -0.2) is 47.6 Å². The number of nitrogens with zero attached hydrogens (tertiary/aromatic N) is 2. The molecular formula is C15H28N2. The van der Waals surface area contributed by atoms with Crippen molar-refractivity contribution in [3.8, 4) is 0 Å². The predicted octanol–water partition coefficient (Wildman–Crippen LogP) is 2.59. The topological polar surface area (TPSA) is 6.48 Å². The maximum Gasteiger partial charge on any atom is 0.0283 e. The van der Waals surface area contributed by atoms with E-state index in [1.54, 1.807) is 0 Å². The molecule has 2 nitrogen and oxygen atoms in total. The first-order valence-corrected chi connectivity index (χ1v) is 7.40. The van der Waals surface area contributed by atoms with Gasteiger partial charge in [0, 0.05) is 30.7 Å². The molecule has 98 valence electrons. The minimum atomic E-state index is 0.482. The van der Waals surface area contributed by atoms with E-state index < -0.39 is 0 Å². The van der Waals surface area contributed by atoms with E-state index in [-0.39, 0.29) is 0 Å². The number of rotatable bonds is 2. The SMILES string of the molecule is CCC12CC3CN(C(C)C)C1CN(C)C3(C)C2. The van der Waals surface area contributed by atoms with E-state index in [4.69, 9.17) is 0 Å². The maximum atomic E-state index is 2.81. The minimum Gasteiger partial charge on any atom is -0.299 e. The maximum absolute atomic E-state index is 2.81. The Bertz CT molecular complexity index is 327. The van der Waals surface area contributed by atoms with Gasteiger partial charge in [-0.2, -0.15) is 0 Å². The van der Waals surface area contributed by atoms with Crippen LogP contribution in [0.1, 0.15) is 47.0 Å². The molecule has 2 aliphatic heterocycles. The summed E-state index contributed by atoms with van der Waals surface area (Å²) in [6.07, 6.45) is 4.30. The molecule has 2 heteroatoms. The van der Waals surface area contributed by atoms with Gasteiger partial charge in [-0.3, -0.25) is 9.80 Å². The molecule has 0 spiro atoms. The lowest BCUT2D eigenvalue weighted by molar-refractivity contribution is -0.0249. The van der Waals surface area contributed by atoms with Gasteiger partial charge < -0.3 is 0 Å². The van der Waals surface area contributed by atoms with Crippen molar-refractivity contribution >= 4 is 0 Å². The molecule has 2 heterocycles. The normalized spacial score (nSPS) is 50.5. The third-order valence-corrected chi connectivity index (χ3v) is 6.47. The fraction of sp³-hybridized carbons (Fsp3) is 1.00. The zero-order valence-electron chi connectivity index (χ0n) is 12.2. The second-order valence-electron chi connectivity index (χ2n) is 7.34. The van der Waals surface area contributed by atoms with Crippen LogP contribution in [0.5, 0.6) is 0 Å². The highest BCUT2D eigenvalue weighted by atomic mass is 15.3. The Kier molecular flexibility index (Phi) is 2.45. The first-order chi connectivity index (χ1) is 7.93. The first-order valence-electron chi connectivity index (χ1n) is 7.40. The van der Waals surface area contributed by atoms with Crippen molar-refractivity contribution in [1.82, 2.24) is 9.80 Å². The predicted molar refractivity (Wildman–Crippen MR) is 72.1 cm³/mol. The summed E-state index contributed by atoms with van der Waals surface area (Å²) in [4.78, 5) is 5.48. The van der Waals surface area contributed by atoms with Crippen molar-refractivity contribution in [2.24, 2.45) is 11.3 Å². The van der Waals surface area contributed by atoms with Crippen LogP contribution in [0.2, 0.25) is 0 Å². The third-order valence-electron chi connectivity index (χ3n) is 6.47. The number of piperidine rings is 2. The van der Waals surface area contributed by atoms with Crippen molar-refractivity contribution in [1.29, 1.82) is 0 Å². The van der Waals surface area contributed by atoms with E-state index in [0.717, 1.165) is 12.0 Å². The molecule has 17 heavy (non-hydrogen) atoms. The van der Waals surface area contributed by atoms with Crippen LogP contribution in [0, 0.1) is 11.3 Å². The molecule has 0 aromatic rings. The van der Waals surface area contributed by atoms with Crippen LogP contribution in [0.15, 0.2) is 0 Å². The number of fused-ring (bicyclic) bond motifs is 3. The lowest BCUT2D eigenvalue weighted by Gasteiger charge is -2.52. The number of likely N-dealkylation sites (N-methyl/N-ethyl adjacent to an activating group) is 1. The van der Waals surface area contributed by atoms with E-state index in [0.29, 0.717) is 17.0 Å². The van der Waals surface area contributed by atoms with Crippen LogP contribution in [-0.2, 0) is 0 Å². The lowest BCUT2D eigenvalue weighted by atomic mass is 9.70. The Morgan fingerprint density at radius 2 is 2.00 bits per heavy atom. The van der Waals surface area contributed by atoms with Gasteiger partial charge in [0.25, 0.3) is 0 Å². The van der Waals surface area contributed by atoms with Crippen molar-refractivity contribution in [3.05, 3.63) is 0 Å². The number of hydrogen-bond acceptors (Lipinski definition) is 2. The Labute approximate surface area is 106 Å². The average Bonchev–Trinajstić information content (AvgIpc) is 2.43. The van der Waals surface area contributed by atoms with Crippen LogP contribution in [0.3, 0.4) is 0 Å². The zero-order valence-corrected chi connectivity index (χ0v) is 12.2. The summed E-state index contributed by atoms with van der Waals surface area (Å²) in [6.45, 7) is 12.3. The van der Waals surface area contributed by atoms with Gasteiger partial charge in [-0.25, -0.2) is 0 Å². The highest BCUT2D eigenvalue weighted by Crippen LogP contribution is 2.61. The molecule has 0 aromatic heterocycles. The lowest BCUT2D eigenvalue weighted by Crippen LogP contribution is -2.59. The summed E-state index contributed by atoms with van der Waals surface area (Å²) in [5, 5.41) is 0. The van der Waals surface area contributed by atoms with Crippen molar-refractivity contribution in [2.45, 2.75) is 64.6 Å². The van der Waals surface area contributed by atoms with Gasteiger partial charge in [-0.15, -0.1) is 0 Å². The van der Waals surface area contributed by atoms with E-state index in [2.05, 4.69) is 44.5 Å². The second-order valence-corrected chi connectivity index (χ2v) is 7.34. The molecule has 2 saturated heterocycles. The van der Waals surface area contributed by atoms with Gasteiger partial charge in [0.05, 0.1) is 0 Å². The monoisotopic (exact) mass is 236 g/mol. The number of hydrogen-bond donors (Lipinski definition) is 0. The minimum absolute atomic E-state index is 0.482. The number of likely N-dealkylation sites (tertiary alicyclic amines) is 2. The van der Waals surface area contributed by atoms with E-state index in [1.165, 1.54) is 32.4 Å². The van der Waals surface area contributed by atoms with Gasteiger partial charge in [0.15, 0.2) is 0 Å². The highest BCUT2D eigenvalue weighted by molar-refractivity contribution is 5.18. The van der Waals surface area contributed by atoms with Gasteiger partial charge in [-0.05, 0) is 58.4 Å². The molecule has 1 aliphatic carbocycles. The third kappa shape index (κ3) is 1.34. The molecule has 0 aromatic carbocycles. The van der Waals surface area contributed by atoms with Gasteiger partial charge in [0.1, 0.15) is 0 Å². The van der Waals surface area contributed by atoms with Crippen molar-refractivity contribution in [2.75, 3.05) is 20.1 Å². The Morgan fingerprint density at radius 3 is 2.59 bits per heavy atom. The smallest absolute Gasteiger partial charge is 0.0283 e. The summed E-state index contributed by atoms with van der Waals surface area (Å²) in [7, 11) is 2.36. The molecule has 0 amide bonds. The van der Waals surface area contributed by atoms with Gasteiger partial charge in [-0.1, -0.05) is 6.92 Å². The highest BCUT2D eigenvalue weighted by Gasteiger charge is 2.64.